The maximum absolute atomic E-state index is 13.3. The van der Waals surface area contributed by atoms with Gasteiger partial charge in [0.2, 0.25) is 5.91 Å². The zero-order chi connectivity index (χ0) is 13.8. The summed E-state index contributed by atoms with van der Waals surface area (Å²) in [4.78, 5) is 11.7. The third-order valence-electron chi connectivity index (χ3n) is 2.51. The molecule has 0 atom stereocenters. The van der Waals surface area contributed by atoms with Crippen LogP contribution < -0.4 is 5.32 Å². The number of amides is 1. The van der Waals surface area contributed by atoms with Gasteiger partial charge in [0.1, 0.15) is 11.6 Å². The van der Waals surface area contributed by atoms with Gasteiger partial charge in [-0.2, -0.15) is 0 Å². The monoisotopic (exact) mass is 281 g/mol. The van der Waals surface area contributed by atoms with Crippen LogP contribution in [0.25, 0.3) is 0 Å². The van der Waals surface area contributed by atoms with Crippen LogP contribution in [-0.4, -0.2) is 5.91 Å². The maximum Gasteiger partial charge on any atom is 0.228 e. The predicted molar refractivity (Wildman–Crippen MR) is 70.1 cm³/mol. The van der Waals surface area contributed by atoms with Crippen LogP contribution in [0.4, 0.5) is 14.5 Å². The second kappa shape index (κ2) is 5.80. The topological polar surface area (TPSA) is 29.1 Å². The quantitative estimate of drug-likeness (QED) is 0.911. The first-order valence-corrected chi connectivity index (χ1v) is 5.92. The largest absolute Gasteiger partial charge is 0.323 e. The van der Waals surface area contributed by atoms with E-state index in [-0.39, 0.29) is 12.1 Å². The molecule has 0 aliphatic heterocycles. The maximum atomic E-state index is 13.3. The molecule has 1 N–H and O–H groups in total. The minimum absolute atomic E-state index is 0.00434. The Hall–Kier alpha value is -1.94. The molecule has 0 unspecified atom stereocenters. The molecule has 19 heavy (non-hydrogen) atoms. The number of carbonyl (C=O) groups excluding carboxylic acids is 1. The number of hydrogen-bond acceptors (Lipinski definition) is 1. The molecule has 0 aliphatic carbocycles. The van der Waals surface area contributed by atoms with Crippen molar-refractivity contribution in [1.29, 1.82) is 0 Å². The predicted octanol–water partition coefficient (Wildman–Crippen LogP) is 3.80. The molecule has 1 amide bonds. The van der Waals surface area contributed by atoms with Gasteiger partial charge in [0.15, 0.2) is 0 Å². The van der Waals surface area contributed by atoms with Crippen molar-refractivity contribution in [2.75, 3.05) is 5.32 Å². The molecule has 0 spiro atoms. The van der Waals surface area contributed by atoms with Crippen LogP contribution >= 0.6 is 11.6 Å². The minimum atomic E-state index is -0.686. The van der Waals surface area contributed by atoms with E-state index < -0.39 is 17.5 Å². The van der Waals surface area contributed by atoms with Crippen molar-refractivity contribution in [2.24, 2.45) is 0 Å². The van der Waals surface area contributed by atoms with Crippen molar-refractivity contribution in [3.05, 3.63) is 64.7 Å². The van der Waals surface area contributed by atoms with Crippen molar-refractivity contribution in [1.82, 2.24) is 0 Å². The SMILES string of the molecule is O=C(Cc1ccccc1Cl)Nc1cc(F)ccc1F. The van der Waals surface area contributed by atoms with Gasteiger partial charge < -0.3 is 5.32 Å². The number of anilines is 1. The van der Waals surface area contributed by atoms with Crippen LogP contribution in [0.5, 0.6) is 0 Å². The Balaban J connectivity index is 2.10. The Morgan fingerprint density at radius 3 is 2.63 bits per heavy atom. The van der Waals surface area contributed by atoms with E-state index in [9.17, 15) is 13.6 Å². The molecule has 0 aromatic heterocycles. The third kappa shape index (κ3) is 3.51. The van der Waals surface area contributed by atoms with Gasteiger partial charge in [-0.25, -0.2) is 8.78 Å². The molecule has 0 bridgehead atoms. The first-order valence-electron chi connectivity index (χ1n) is 5.54. The molecule has 2 aromatic rings. The number of benzene rings is 2. The average Bonchev–Trinajstić information content (AvgIpc) is 2.37. The van der Waals surface area contributed by atoms with Gasteiger partial charge in [-0.15, -0.1) is 0 Å². The van der Waals surface area contributed by atoms with Crippen LogP contribution in [0.15, 0.2) is 42.5 Å². The molecule has 2 aromatic carbocycles. The molecule has 0 saturated heterocycles. The standard InChI is InChI=1S/C14H10ClF2NO/c15-11-4-2-1-3-9(11)7-14(19)18-13-8-10(16)5-6-12(13)17/h1-6,8H,7H2,(H,18,19). The molecule has 0 heterocycles. The minimum Gasteiger partial charge on any atom is -0.323 e. The number of nitrogens with one attached hydrogen (secondary N) is 1. The van der Waals surface area contributed by atoms with E-state index in [1.165, 1.54) is 0 Å². The molecule has 2 rings (SSSR count). The molecule has 2 nitrogen and oxygen atoms in total. The molecule has 0 fully saturated rings. The molecule has 0 radical (unpaired) electrons. The molecule has 0 aliphatic rings. The molecular weight excluding hydrogens is 272 g/mol. The normalized spacial score (nSPS) is 10.3. The van der Waals surface area contributed by atoms with Gasteiger partial charge >= 0.3 is 0 Å². The molecule has 5 heteroatoms. The van der Waals surface area contributed by atoms with Gasteiger partial charge in [0.05, 0.1) is 12.1 Å². The van der Waals surface area contributed by atoms with Crippen molar-refractivity contribution in [2.45, 2.75) is 6.42 Å². The lowest BCUT2D eigenvalue weighted by molar-refractivity contribution is -0.115. The summed E-state index contributed by atoms with van der Waals surface area (Å²) in [5.74, 6) is -1.76. The Bertz CT molecular complexity index is 616. The Morgan fingerprint density at radius 1 is 1.16 bits per heavy atom. The summed E-state index contributed by atoms with van der Waals surface area (Å²) in [6, 6.07) is 9.73. The van der Waals surface area contributed by atoms with Gasteiger partial charge in [-0.3, -0.25) is 4.79 Å². The molecule has 0 saturated carbocycles. The fourth-order valence-corrected chi connectivity index (χ4v) is 1.80. The molecular formula is C14H10ClF2NO. The summed E-state index contributed by atoms with van der Waals surface area (Å²) in [6.45, 7) is 0. The van der Waals surface area contributed by atoms with Crippen molar-refractivity contribution < 1.29 is 13.6 Å². The van der Waals surface area contributed by atoms with E-state index in [1.54, 1.807) is 24.3 Å². The summed E-state index contributed by atoms with van der Waals surface area (Å²) in [5, 5.41) is 2.77. The van der Waals surface area contributed by atoms with Crippen molar-refractivity contribution in [3.8, 4) is 0 Å². The van der Waals surface area contributed by atoms with E-state index in [1.807, 2.05) is 0 Å². The average molecular weight is 282 g/mol. The number of halogens is 3. The van der Waals surface area contributed by atoms with Crippen LogP contribution in [-0.2, 0) is 11.2 Å². The zero-order valence-electron chi connectivity index (χ0n) is 9.79. The fraction of sp³-hybridized carbons (Fsp3) is 0.0714. The summed E-state index contributed by atoms with van der Waals surface area (Å²) < 4.78 is 26.3. The van der Waals surface area contributed by atoms with E-state index in [2.05, 4.69) is 5.32 Å². The number of carbonyl (C=O) groups is 1. The van der Waals surface area contributed by atoms with E-state index in [4.69, 9.17) is 11.6 Å². The number of hydrogen-bond donors (Lipinski definition) is 1. The Morgan fingerprint density at radius 2 is 1.89 bits per heavy atom. The second-order valence-electron chi connectivity index (χ2n) is 3.94. The highest BCUT2D eigenvalue weighted by Gasteiger charge is 2.10. The van der Waals surface area contributed by atoms with Gasteiger partial charge in [0, 0.05) is 11.1 Å². The summed E-state index contributed by atoms with van der Waals surface area (Å²) >= 11 is 5.91. The molecule has 98 valence electrons. The first-order chi connectivity index (χ1) is 9.06. The highest BCUT2D eigenvalue weighted by atomic mass is 35.5. The number of rotatable bonds is 3. The lowest BCUT2D eigenvalue weighted by atomic mass is 10.1. The Labute approximate surface area is 114 Å². The highest BCUT2D eigenvalue weighted by molar-refractivity contribution is 6.31. The highest BCUT2D eigenvalue weighted by Crippen LogP contribution is 2.18. The van der Waals surface area contributed by atoms with E-state index >= 15 is 0 Å². The summed E-state index contributed by atoms with van der Waals surface area (Å²) in [6.07, 6.45) is -0.00434. The van der Waals surface area contributed by atoms with Crippen LogP contribution in [0.2, 0.25) is 5.02 Å². The van der Waals surface area contributed by atoms with Crippen LogP contribution in [0.1, 0.15) is 5.56 Å². The summed E-state index contributed by atoms with van der Waals surface area (Å²) in [7, 11) is 0. The van der Waals surface area contributed by atoms with Gasteiger partial charge in [-0.05, 0) is 23.8 Å². The van der Waals surface area contributed by atoms with Crippen LogP contribution in [0, 0.1) is 11.6 Å². The van der Waals surface area contributed by atoms with Crippen molar-refractivity contribution in [3.63, 3.8) is 0 Å². The fourth-order valence-electron chi connectivity index (χ4n) is 1.60. The van der Waals surface area contributed by atoms with E-state index in [0.717, 1.165) is 18.2 Å². The lowest BCUT2D eigenvalue weighted by Crippen LogP contribution is -2.15. The van der Waals surface area contributed by atoms with Crippen molar-refractivity contribution >= 4 is 23.2 Å². The summed E-state index contributed by atoms with van der Waals surface area (Å²) in [5.41, 5.74) is 0.440. The first kappa shape index (κ1) is 13.5. The van der Waals surface area contributed by atoms with Gasteiger partial charge in [-0.1, -0.05) is 29.8 Å². The second-order valence-corrected chi connectivity index (χ2v) is 4.35. The lowest BCUT2D eigenvalue weighted by Gasteiger charge is -2.07. The van der Waals surface area contributed by atoms with Crippen LogP contribution in [0.3, 0.4) is 0 Å². The van der Waals surface area contributed by atoms with E-state index in [0.29, 0.717) is 10.6 Å². The smallest absolute Gasteiger partial charge is 0.228 e. The Kier molecular flexibility index (Phi) is 4.12. The zero-order valence-corrected chi connectivity index (χ0v) is 10.5. The van der Waals surface area contributed by atoms with Gasteiger partial charge in [0.25, 0.3) is 0 Å². The third-order valence-corrected chi connectivity index (χ3v) is 2.88.